The highest BCUT2D eigenvalue weighted by Gasteiger charge is 2.20. The summed E-state index contributed by atoms with van der Waals surface area (Å²) in [5.74, 6) is 0.0944. The summed E-state index contributed by atoms with van der Waals surface area (Å²) in [6.45, 7) is 7.91. The molecule has 4 heteroatoms. The van der Waals surface area contributed by atoms with Crippen molar-refractivity contribution in [3.63, 3.8) is 0 Å². The van der Waals surface area contributed by atoms with Crippen LogP contribution in [-0.4, -0.2) is 42.2 Å². The minimum atomic E-state index is -0.743. The lowest BCUT2D eigenvalue weighted by molar-refractivity contribution is -0.138. The molecule has 0 heterocycles. The first-order chi connectivity index (χ1) is 9.51. The predicted molar refractivity (Wildman–Crippen MR) is 80.4 cm³/mol. The molecule has 1 unspecified atom stereocenters. The summed E-state index contributed by atoms with van der Waals surface area (Å²) in [5, 5.41) is 9.11. The van der Waals surface area contributed by atoms with Gasteiger partial charge in [0.25, 0.3) is 0 Å². The van der Waals surface area contributed by atoms with Gasteiger partial charge in [-0.05, 0) is 49.7 Å². The van der Waals surface area contributed by atoms with Crippen molar-refractivity contribution in [3.8, 4) is 5.75 Å². The smallest absolute Gasteiger partial charge is 0.304 e. The first-order valence-electron chi connectivity index (χ1n) is 7.11. The van der Waals surface area contributed by atoms with Crippen LogP contribution < -0.4 is 4.74 Å². The zero-order chi connectivity index (χ0) is 15.1. The third kappa shape index (κ3) is 4.53. The number of carbonyl (C=O) groups is 1. The van der Waals surface area contributed by atoms with Crippen molar-refractivity contribution >= 4 is 5.97 Å². The maximum absolute atomic E-state index is 11.1. The number of ether oxygens (including phenoxy) is 1. The minimum absolute atomic E-state index is 0.0367. The number of benzene rings is 1. The van der Waals surface area contributed by atoms with Gasteiger partial charge in [-0.2, -0.15) is 0 Å². The molecule has 20 heavy (non-hydrogen) atoms. The van der Waals surface area contributed by atoms with E-state index in [0.29, 0.717) is 0 Å². The quantitative estimate of drug-likeness (QED) is 0.795. The van der Waals surface area contributed by atoms with Crippen LogP contribution in [0.2, 0.25) is 0 Å². The Bertz CT molecular complexity index is 441. The molecule has 1 rings (SSSR count). The summed E-state index contributed by atoms with van der Waals surface area (Å²) in [6.07, 6.45) is 0.928. The molecule has 0 aromatic heterocycles. The number of nitrogens with zero attached hydrogens (tertiary/aromatic N) is 1. The molecule has 0 saturated carbocycles. The van der Waals surface area contributed by atoms with Gasteiger partial charge in [0, 0.05) is 6.04 Å². The van der Waals surface area contributed by atoms with E-state index in [4.69, 9.17) is 9.84 Å². The van der Waals surface area contributed by atoms with Crippen LogP contribution in [-0.2, 0) is 11.2 Å². The van der Waals surface area contributed by atoms with E-state index in [1.165, 1.54) is 5.56 Å². The second kappa shape index (κ2) is 7.90. The highest BCUT2D eigenvalue weighted by Crippen LogP contribution is 2.20. The number of methoxy groups -OCH3 is 1. The number of likely N-dealkylation sites (N-methyl/N-ethyl adjacent to an activating group) is 1. The van der Waals surface area contributed by atoms with E-state index in [0.717, 1.165) is 30.8 Å². The molecule has 1 atom stereocenters. The lowest BCUT2D eigenvalue weighted by Gasteiger charge is -2.29. The standard InChI is InChI=1S/C16H25NO3/c1-5-17(6-2)14(11-16(18)19)10-13-7-8-15(20-4)9-12(13)3/h7-9,14H,5-6,10-11H2,1-4H3,(H,18,19). The van der Waals surface area contributed by atoms with E-state index < -0.39 is 5.97 Å². The van der Waals surface area contributed by atoms with Crippen molar-refractivity contribution in [2.24, 2.45) is 0 Å². The summed E-state index contributed by atoms with van der Waals surface area (Å²) < 4.78 is 5.20. The fourth-order valence-electron chi connectivity index (χ4n) is 2.55. The lowest BCUT2D eigenvalue weighted by atomic mass is 9.97. The Morgan fingerprint density at radius 3 is 2.45 bits per heavy atom. The van der Waals surface area contributed by atoms with Crippen LogP contribution in [0.5, 0.6) is 5.75 Å². The van der Waals surface area contributed by atoms with Gasteiger partial charge in [-0.1, -0.05) is 19.9 Å². The molecule has 1 N–H and O–H groups in total. The number of aliphatic carboxylic acids is 1. The summed E-state index contributed by atoms with van der Waals surface area (Å²) in [5.41, 5.74) is 2.33. The molecule has 0 saturated heterocycles. The zero-order valence-corrected chi connectivity index (χ0v) is 12.8. The number of carboxylic acid groups (broad SMARTS) is 1. The second-order valence-electron chi connectivity index (χ2n) is 4.97. The molecule has 0 spiro atoms. The molecule has 0 bridgehead atoms. The summed E-state index contributed by atoms with van der Waals surface area (Å²) in [6, 6.07) is 6.00. The topological polar surface area (TPSA) is 49.8 Å². The highest BCUT2D eigenvalue weighted by atomic mass is 16.5. The van der Waals surface area contributed by atoms with Gasteiger partial charge in [0.2, 0.25) is 0 Å². The van der Waals surface area contributed by atoms with Gasteiger partial charge in [0.05, 0.1) is 13.5 Å². The molecular weight excluding hydrogens is 254 g/mol. The van der Waals surface area contributed by atoms with E-state index in [2.05, 4.69) is 18.7 Å². The van der Waals surface area contributed by atoms with Gasteiger partial charge < -0.3 is 14.7 Å². The normalized spacial score (nSPS) is 12.4. The first-order valence-corrected chi connectivity index (χ1v) is 7.11. The number of hydrogen-bond donors (Lipinski definition) is 1. The molecule has 0 fully saturated rings. The Kier molecular flexibility index (Phi) is 6.52. The average Bonchev–Trinajstić information content (AvgIpc) is 2.41. The van der Waals surface area contributed by atoms with Crippen LogP contribution in [0.3, 0.4) is 0 Å². The van der Waals surface area contributed by atoms with E-state index in [1.807, 2.05) is 25.1 Å². The number of carboxylic acids is 1. The van der Waals surface area contributed by atoms with Crippen LogP contribution >= 0.6 is 0 Å². The van der Waals surface area contributed by atoms with Crippen LogP contribution in [0.15, 0.2) is 18.2 Å². The molecule has 4 nitrogen and oxygen atoms in total. The Balaban J connectivity index is 2.91. The summed E-state index contributed by atoms with van der Waals surface area (Å²) in [7, 11) is 1.65. The number of rotatable bonds is 8. The third-order valence-corrected chi connectivity index (χ3v) is 3.74. The molecule has 0 aliphatic carbocycles. The fraction of sp³-hybridized carbons (Fsp3) is 0.562. The summed E-state index contributed by atoms with van der Waals surface area (Å²) in [4.78, 5) is 13.3. The second-order valence-corrected chi connectivity index (χ2v) is 4.97. The zero-order valence-electron chi connectivity index (χ0n) is 12.8. The van der Waals surface area contributed by atoms with E-state index in [1.54, 1.807) is 7.11 Å². The number of hydrogen-bond acceptors (Lipinski definition) is 3. The SMILES string of the molecule is CCN(CC)C(CC(=O)O)Cc1ccc(OC)cc1C. The van der Waals surface area contributed by atoms with Gasteiger partial charge in [-0.15, -0.1) is 0 Å². The first kappa shape index (κ1) is 16.5. The van der Waals surface area contributed by atoms with E-state index in [9.17, 15) is 4.79 Å². The van der Waals surface area contributed by atoms with Crippen LogP contribution in [0.4, 0.5) is 0 Å². The Morgan fingerprint density at radius 2 is 2.00 bits per heavy atom. The van der Waals surface area contributed by atoms with Crippen molar-refractivity contribution in [2.75, 3.05) is 20.2 Å². The third-order valence-electron chi connectivity index (χ3n) is 3.74. The highest BCUT2D eigenvalue weighted by molar-refractivity contribution is 5.67. The van der Waals surface area contributed by atoms with Crippen molar-refractivity contribution in [1.82, 2.24) is 4.90 Å². The minimum Gasteiger partial charge on any atom is -0.497 e. The van der Waals surface area contributed by atoms with Crippen molar-refractivity contribution in [1.29, 1.82) is 0 Å². The monoisotopic (exact) mass is 279 g/mol. The van der Waals surface area contributed by atoms with Crippen LogP contribution in [0.25, 0.3) is 0 Å². The van der Waals surface area contributed by atoms with Gasteiger partial charge in [-0.3, -0.25) is 4.79 Å². The van der Waals surface area contributed by atoms with Crippen molar-refractivity contribution in [2.45, 2.75) is 39.7 Å². The van der Waals surface area contributed by atoms with Gasteiger partial charge in [-0.25, -0.2) is 0 Å². The van der Waals surface area contributed by atoms with Gasteiger partial charge in [0.1, 0.15) is 5.75 Å². The Labute approximate surface area is 121 Å². The van der Waals surface area contributed by atoms with Crippen LogP contribution in [0, 0.1) is 6.92 Å². The molecule has 0 amide bonds. The molecule has 0 aliphatic rings. The molecule has 1 aromatic carbocycles. The molecular formula is C16H25NO3. The Morgan fingerprint density at radius 1 is 1.35 bits per heavy atom. The molecule has 112 valence electrons. The van der Waals surface area contributed by atoms with Crippen molar-refractivity contribution in [3.05, 3.63) is 29.3 Å². The molecule has 0 radical (unpaired) electrons. The maximum Gasteiger partial charge on any atom is 0.304 e. The van der Waals surface area contributed by atoms with E-state index in [-0.39, 0.29) is 12.5 Å². The van der Waals surface area contributed by atoms with Crippen LogP contribution in [0.1, 0.15) is 31.4 Å². The Hall–Kier alpha value is -1.55. The lowest BCUT2D eigenvalue weighted by Crippen LogP contribution is -2.38. The largest absolute Gasteiger partial charge is 0.497 e. The average molecular weight is 279 g/mol. The number of aryl methyl sites for hydroxylation is 1. The van der Waals surface area contributed by atoms with Gasteiger partial charge >= 0.3 is 5.97 Å². The van der Waals surface area contributed by atoms with E-state index >= 15 is 0 Å². The maximum atomic E-state index is 11.1. The predicted octanol–water partition coefficient (Wildman–Crippen LogP) is 2.73. The fourth-order valence-corrected chi connectivity index (χ4v) is 2.55. The summed E-state index contributed by atoms with van der Waals surface area (Å²) >= 11 is 0. The van der Waals surface area contributed by atoms with Gasteiger partial charge in [0.15, 0.2) is 0 Å². The van der Waals surface area contributed by atoms with Crippen molar-refractivity contribution < 1.29 is 14.6 Å². The molecule has 1 aromatic rings. The molecule has 0 aliphatic heterocycles.